The number of aryl methyl sites for hydroxylation is 1. The second kappa shape index (κ2) is 8.03. The van der Waals surface area contributed by atoms with E-state index in [1.165, 1.54) is 12.7 Å². The summed E-state index contributed by atoms with van der Waals surface area (Å²) < 4.78 is 12.7. The van der Waals surface area contributed by atoms with Crippen LogP contribution >= 0.6 is 0 Å². The van der Waals surface area contributed by atoms with E-state index in [9.17, 15) is 9.59 Å². The minimum absolute atomic E-state index is 0.0513. The lowest BCUT2D eigenvalue weighted by molar-refractivity contribution is -0.177. The van der Waals surface area contributed by atoms with E-state index >= 15 is 0 Å². The number of fused-ring (bicyclic) bond motifs is 2. The van der Waals surface area contributed by atoms with Gasteiger partial charge < -0.3 is 14.4 Å². The summed E-state index contributed by atoms with van der Waals surface area (Å²) in [6.07, 6.45) is 3.14. The van der Waals surface area contributed by atoms with E-state index in [4.69, 9.17) is 25.1 Å². The standard InChI is InChI=1S/C26H27N7O4/c1-16-11-18(32-10-9-24(2,14-32)17-7-5-4-6-8-17)12-33-20(16)28-22(30-33)26-13-25(15-37-26,23(35)29-31-27)19(26)21(34)36-3/h4-8,11-12,19H,9-10,13-15H2,1-3H3/t19?,24-,25?,26?/m0/s1. The molecule has 11 heteroatoms. The van der Waals surface area contributed by atoms with Crippen LogP contribution in [0.3, 0.4) is 0 Å². The predicted molar refractivity (Wildman–Crippen MR) is 133 cm³/mol. The van der Waals surface area contributed by atoms with Crippen molar-refractivity contribution in [2.75, 3.05) is 31.7 Å². The number of anilines is 1. The number of benzene rings is 1. The summed E-state index contributed by atoms with van der Waals surface area (Å²) in [7, 11) is 1.26. The third-order valence-corrected chi connectivity index (χ3v) is 8.47. The van der Waals surface area contributed by atoms with Crippen LogP contribution in [-0.2, 0) is 30.1 Å². The number of carbonyl (C=O) groups is 2. The lowest BCUT2D eigenvalue weighted by Crippen LogP contribution is -2.60. The molecule has 0 radical (unpaired) electrons. The van der Waals surface area contributed by atoms with Crippen molar-refractivity contribution in [3.05, 3.63) is 70.0 Å². The average Bonchev–Trinajstić information content (AvgIpc) is 3.66. The van der Waals surface area contributed by atoms with Crippen LogP contribution < -0.4 is 4.90 Å². The summed E-state index contributed by atoms with van der Waals surface area (Å²) in [4.78, 5) is 35.1. The summed E-state index contributed by atoms with van der Waals surface area (Å²) in [5.74, 6) is -2.00. The molecule has 3 aliphatic heterocycles. The van der Waals surface area contributed by atoms with Crippen molar-refractivity contribution in [3.63, 3.8) is 0 Å². The highest BCUT2D eigenvalue weighted by Gasteiger charge is 2.78. The molecule has 11 nitrogen and oxygen atoms in total. The molecule has 4 atom stereocenters. The van der Waals surface area contributed by atoms with E-state index in [0.717, 1.165) is 30.8 Å². The number of rotatable bonds is 5. The van der Waals surface area contributed by atoms with Crippen molar-refractivity contribution in [1.29, 1.82) is 0 Å². The molecular weight excluding hydrogens is 474 g/mol. The smallest absolute Gasteiger partial charge is 0.313 e. The van der Waals surface area contributed by atoms with Gasteiger partial charge in [0.2, 0.25) is 5.91 Å². The van der Waals surface area contributed by atoms with Gasteiger partial charge in [0.25, 0.3) is 0 Å². The number of azide groups is 1. The number of hydrogen-bond donors (Lipinski definition) is 0. The number of ether oxygens (including phenoxy) is 2. The largest absolute Gasteiger partial charge is 0.469 e. The van der Waals surface area contributed by atoms with Crippen LogP contribution in [-0.4, -0.2) is 53.3 Å². The Morgan fingerprint density at radius 2 is 2.08 bits per heavy atom. The van der Waals surface area contributed by atoms with Gasteiger partial charge in [0.15, 0.2) is 11.5 Å². The quantitative estimate of drug-likeness (QED) is 0.226. The number of pyridine rings is 1. The molecule has 37 heavy (non-hydrogen) atoms. The van der Waals surface area contributed by atoms with Crippen LogP contribution in [0.2, 0.25) is 0 Å². The highest BCUT2D eigenvalue weighted by Crippen LogP contribution is 2.67. The Bertz CT molecular complexity index is 1480. The van der Waals surface area contributed by atoms with Crippen LogP contribution in [0, 0.1) is 18.3 Å². The van der Waals surface area contributed by atoms with Gasteiger partial charge in [-0.3, -0.25) is 9.59 Å². The molecule has 1 saturated carbocycles. The topological polar surface area (TPSA) is 135 Å². The molecule has 1 aromatic carbocycles. The molecule has 2 aromatic heterocycles. The van der Waals surface area contributed by atoms with Crippen molar-refractivity contribution < 1.29 is 19.1 Å². The molecule has 5 heterocycles. The summed E-state index contributed by atoms with van der Waals surface area (Å²) in [5, 5.41) is 7.98. The molecular formula is C26H27N7O4. The maximum atomic E-state index is 12.8. The number of aromatic nitrogens is 3. The zero-order valence-corrected chi connectivity index (χ0v) is 20.9. The lowest BCUT2D eigenvalue weighted by atomic mass is 9.53. The van der Waals surface area contributed by atoms with Crippen LogP contribution in [0.5, 0.6) is 0 Å². The zero-order chi connectivity index (χ0) is 26.0. The molecule has 2 bridgehead atoms. The summed E-state index contributed by atoms with van der Waals surface area (Å²) in [6, 6.07) is 12.7. The number of methoxy groups -OCH3 is 1. The molecule has 3 aromatic rings. The molecule has 3 saturated heterocycles. The van der Waals surface area contributed by atoms with Crippen LogP contribution in [0.4, 0.5) is 5.69 Å². The number of hydrogen-bond acceptors (Lipinski definition) is 7. The van der Waals surface area contributed by atoms with Crippen molar-refractivity contribution in [3.8, 4) is 0 Å². The monoisotopic (exact) mass is 501 g/mol. The minimum atomic E-state index is -1.26. The molecule has 3 unspecified atom stereocenters. The van der Waals surface area contributed by atoms with Crippen LogP contribution in [0.25, 0.3) is 16.1 Å². The molecule has 1 aliphatic carbocycles. The Balaban J connectivity index is 1.34. The maximum Gasteiger partial charge on any atom is 0.313 e. The van der Waals surface area contributed by atoms with Gasteiger partial charge in [-0.1, -0.05) is 37.3 Å². The fourth-order valence-corrected chi connectivity index (χ4v) is 6.46. The first kappa shape index (κ1) is 23.4. The number of nitrogens with zero attached hydrogens (tertiary/aromatic N) is 7. The molecule has 4 fully saturated rings. The minimum Gasteiger partial charge on any atom is -0.469 e. The molecule has 0 spiro atoms. The maximum absolute atomic E-state index is 12.8. The Hall–Kier alpha value is -3.95. The van der Waals surface area contributed by atoms with E-state index in [-0.39, 0.29) is 18.4 Å². The third kappa shape index (κ3) is 3.20. The van der Waals surface area contributed by atoms with Gasteiger partial charge in [-0.25, -0.2) is 9.50 Å². The second-order valence-electron chi connectivity index (χ2n) is 10.6. The molecule has 0 N–H and O–H groups in total. The molecule has 1 amide bonds. The highest BCUT2D eigenvalue weighted by atomic mass is 16.5. The van der Waals surface area contributed by atoms with Crippen LogP contribution in [0.1, 0.15) is 36.7 Å². The van der Waals surface area contributed by atoms with E-state index in [1.807, 2.05) is 19.2 Å². The Kier molecular flexibility index (Phi) is 5.09. The third-order valence-electron chi connectivity index (χ3n) is 8.47. The number of amides is 1. The van der Waals surface area contributed by atoms with Crippen molar-refractivity contribution >= 4 is 23.2 Å². The summed E-state index contributed by atoms with van der Waals surface area (Å²) in [5.41, 5.74) is 10.3. The van der Waals surface area contributed by atoms with E-state index in [2.05, 4.69) is 52.2 Å². The van der Waals surface area contributed by atoms with E-state index < -0.39 is 28.8 Å². The van der Waals surface area contributed by atoms with Gasteiger partial charge in [-0.05, 0) is 41.2 Å². The van der Waals surface area contributed by atoms with Gasteiger partial charge in [0.1, 0.15) is 11.5 Å². The van der Waals surface area contributed by atoms with Crippen LogP contribution in [0.15, 0.2) is 47.7 Å². The van der Waals surface area contributed by atoms with Crippen molar-refractivity contribution in [2.24, 2.45) is 16.4 Å². The normalized spacial score (nSPS) is 30.1. The molecule has 7 rings (SSSR count). The van der Waals surface area contributed by atoms with Gasteiger partial charge >= 0.3 is 5.97 Å². The molecule has 190 valence electrons. The van der Waals surface area contributed by atoms with Gasteiger partial charge in [-0.15, -0.1) is 5.10 Å². The first-order chi connectivity index (χ1) is 17.8. The zero-order valence-electron chi connectivity index (χ0n) is 20.9. The summed E-state index contributed by atoms with van der Waals surface area (Å²) >= 11 is 0. The second-order valence-corrected chi connectivity index (χ2v) is 10.6. The van der Waals surface area contributed by atoms with E-state index in [0.29, 0.717) is 11.5 Å². The SMILES string of the molecule is COC(=O)C1C2(C(=O)N=[N+]=[N-])COC1(c1nc3c(C)cc(N4CC[C@](C)(c5ccccc5)C4)cn3n1)C2. The average molecular weight is 502 g/mol. The first-order valence-corrected chi connectivity index (χ1v) is 12.3. The lowest BCUT2D eigenvalue weighted by Gasteiger charge is -2.47. The fraction of sp³-hybridized carbons (Fsp3) is 0.462. The number of carbonyl (C=O) groups excluding carboxylic acids is 2. The van der Waals surface area contributed by atoms with Gasteiger partial charge in [0.05, 0.1) is 31.0 Å². The molecule has 4 aliphatic rings. The highest BCUT2D eigenvalue weighted by molar-refractivity contribution is 5.93. The predicted octanol–water partition coefficient (Wildman–Crippen LogP) is 3.45. The Morgan fingerprint density at radius 1 is 1.30 bits per heavy atom. The summed E-state index contributed by atoms with van der Waals surface area (Å²) in [6.45, 7) is 6.01. The Morgan fingerprint density at radius 3 is 2.81 bits per heavy atom. The van der Waals surface area contributed by atoms with Gasteiger partial charge in [-0.2, -0.15) is 0 Å². The number of esters is 1. The Labute approximate surface area is 213 Å². The first-order valence-electron chi connectivity index (χ1n) is 12.3. The van der Waals surface area contributed by atoms with Crippen molar-refractivity contribution in [1.82, 2.24) is 14.6 Å². The van der Waals surface area contributed by atoms with E-state index in [1.54, 1.807) is 4.52 Å². The van der Waals surface area contributed by atoms with Gasteiger partial charge in [0, 0.05) is 29.8 Å². The van der Waals surface area contributed by atoms with Crippen molar-refractivity contribution in [2.45, 2.75) is 37.7 Å². The fourth-order valence-electron chi connectivity index (χ4n) is 6.46.